The first-order valence-electron chi connectivity index (χ1n) is 6.22. The summed E-state index contributed by atoms with van der Waals surface area (Å²) in [6.45, 7) is 3.26. The van der Waals surface area contributed by atoms with Crippen LogP contribution in [0.25, 0.3) is 0 Å². The monoisotopic (exact) mass is 307 g/mol. The van der Waals surface area contributed by atoms with Gasteiger partial charge < -0.3 is 10.6 Å². The minimum absolute atomic E-state index is 0.211. The zero-order valence-corrected chi connectivity index (χ0v) is 12.4. The Morgan fingerprint density at radius 1 is 1.38 bits per heavy atom. The fourth-order valence-electron chi connectivity index (χ4n) is 1.61. The van der Waals surface area contributed by atoms with Crippen molar-refractivity contribution < 1.29 is 14.0 Å². The van der Waals surface area contributed by atoms with Gasteiger partial charge in [-0.25, -0.2) is 9.37 Å². The highest BCUT2D eigenvalue weighted by Crippen LogP contribution is 2.15. The number of amides is 2. The number of anilines is 1. The quantitative estimate of drug-likeness (QED) is 0.911. The third-order valence-corrected chi connectivity index (χ3v) is 3.47. The minimum atomic E-state index is -0.371. The first kappa shape index (κ1) is 15.1. The van der Waals surface area contributed by atoms with Gasteiger partial charge >= 0.3 is 0 Å². The Hall–Kier alpha value is -2.28. The molecule has 0 spiro atoms. The predicted molar refractivity (Wildman–Crippen MR) is 78.7 cm³/mol. The van der Waals surface area contributed by atoms with Crippen LogP contribution < -0.4 is 10.6 Å². The molecule has 0 fully saturated rings. The Morgan fingerprint density at radius 2 is 2.14 bits per heavy atom. The number of hydrogen-bond acceptors (Lipinski definition) is 4. The van der Waals surface area contributed by atoms with E-state index in [2.05, 4.69) is 15.6 Å². The van der Waals surface area contributed by atoms with Gasteiger partial charge in [0.1, 0.15) is 11.5 Å². The van der Waals surface area contributed by atoms with E-state index in [-0.39, 0.29) is 29.9 Å². The van der Waals surface area contributed by atoms with Crippen molar-refractivity contribution in [2.24, 2.45) is 0 Å². The highest BCUT2D eigenvalue weighted by atomic mass is 32.1. The molecule has 1 aromatic heterocycles. The van der Waals surface area contributed by atoms with Crippen molar-refractivity contribution in [1.82, 2.24) is 10.3 Å². The van der Waals surface area contributed by atoms with Crippen LogP contribution in [0.15, 0.2) is 23.6 Å². The van der Waals surface area contributed by atoms with Gasteiger partial charge in [-0.2, -0.15) is 0 Å². The van der Waals surface area contributed by atoms with Gasteiger partial charge in [-0.1, -0.05) is 12.1 Å². The fourth-order valence-corrected chi connectivity index (χ4v) is 2.34. The van der Waals surface area contributed by atoms with Gasteiger partial charge in [0.05, 0.1) is 0 Å². The predicted octanol–water partition coefficient (Wildman–Crippen LogP) is 2.48. The standard InChI is InChI=1S/C14H14FN3O2S/c1-8-3-4-10(5-11(8)15)6-16-13(20)12-7-21-14(18-12)17-9(2)19/h3-5,7H,6H2,1-2H3,(H,16,20)(H,17,18,19). The van der Waals surface area contributed by atoms with E-state index in [1.807, 2.05) is 0 Å². The number of halogens is 1. The van der Waals surface area contributed by atoms with Crippen LogP contribution in [0.3, 0.4) is 0 Å². The topological polar surface area (TPSA) is 71.1 Å². The zero-order chi connectivity index (χ0) is 15.4. The maximum atomic E-state index is 13.4. The van der Waals surface area contributed by atoms with Crippen LogP contribution in [0.5, 0.6) is 0 Å². The Balaban J connectivity index is 1.96. The van der Waals surface area contributed by atoms with Crippen LogP contribution >= 0.6 is 11.3 Å². The normalized spacial score (nSPS) is 10.2. The van der Waals surface area contributed by atoms with Gasteiger partial charge in [0.2, 0.25) is 5.91 Å². The van der Waals surface area contributed by atoms with E-state index >= 15 is 0 Å². The van der Waals surface area contributed by atoms with Gasteiger partial charge in [-0.3, -0.25) is 9.59 Å². The lowest BCUT2D eigenvalue weighted by atomic mass is 10.1. The molecule has 2 aromatic rings. The lowest BCUT2D eigenvalue weighted by Gasteiger charge is -2.05. The Kier molecular flexibility index (Phi) is 4.64. The van der Waals surface area contributed by atoms with Gasteiger partial charge in [0.25, 0.3) is 5.91 Å². The van der Waals surface area contributed by atoms with Crippen molar-refractivity contribution in [2.75, 3.05) is 5.32 Å². The highest BCUT2D eigenvalue weighted by molar-refractivity contribution is 7.14. The van der Waals surface area contributed by atoms with Crippen molar-refractivity contribution in [3.05, 3.63) is 46.2 Å². The number of nitrogens with zero attached hydrogens (tertiary/aromatic N) is 1. The molecule has 0 aliphatic carbocycles. The smallest absolute Gasteiger partial charge is 0.271 e. The molecule has 0 saturated carbocycles. The third-order valence-electron chi connectivity index (χ3n) is 2.71. The largest absolute Gasteiger partial charge is 0.347 e. The fraction of sp³-hybridized carbons (Fsp3) is 0.214. The molecule has 2 N–H and O–H groups in total. The summed E-state index contributed by atoms with van der Waals surface area (Å²) in [4.78, 5) is 26.8. The second-order valence-corrected chi connectivity index (χ2v) is 5.34. The molecule has 2 amide bonds. The number of rotatable bonds is 4. The van der Waals surface area contributed by atoms with Crippen LogP contribution in [0, 0.1) is 12.7 Å². The van der Waals surface area contributed by atoms with Crippen molar-refractivity contribution in [1.29, 1.82) is 0 Å². The summed E-state index contributed by atoms with van der Waals surface area (Å²) in [7, 11) is 0. The first-order valence-corrected chi connectivity index (χ1v) is 7.10. The Morgan fingerprint density at radius 3 is 2.81 bits per heavy atom. The average Bonchev–Trinajstić information content (AvgIpc) is 2.87. The van der Waals surface area contributed by atoms with Crippen LogP contribution in [0.4, 0.5) is 9.52 Å². The average molecular weight is 307 g/mol. The molecule has 0 bridgehead atoms. The molecule has 1 heterocycles. The Bertz CT molecular complexity index is 685. The number of aryl methyl sites for hydroxylation is 1. The summed E-state index contributed by atoms with van der Waals surface area (Å²) >= 11 is 1.17. The molecule has 5 nitrogen and oxygen atoms in total. The number of hydrogen-bond donors (Lipinski definition) is 2. The maximum Gasteiger partial charge on any atom is 0.271 e. The van der Waals surface area contributed by atoms with Crippen LogP contribution in [0.2, 0.25) is 0 Å². The summed E-state index contributed by atoms with van der Waals surface area (Å²) in [6.07, 6.45) is 0. The van der Waals surface area contributed by atoms with E-state index < -0.39 is 0 Å². The molecule has 0 radical (unpaired) electrons. The SMILES string of the molecule is CC(=O)Nc1nc(C(=O)NCc2ccc(C)c(F)c2)cs1. The summed E-state index contributed by atoms with van der Waals surface area (Å²) in [5.74, 6) is -0.918. The van der Waals surface area contributed by atoms with E-state index in [4.69, 9.17) is 0 Å². The van der Waals surface area contributed by atoms with Gasteiger partial charge in [-0.05, 0) is 24.1 Å². The maximum absolute atomic E-state index is 13.4. The molecule has 0 atom stereocenters. The summed E-state index contributed by atoms with van der Waals surface area (Å²) in [6, 6.07) is 4.80. The van der Waals surface area contributed by atoms with Crippen molar-refractivity contribution in [3.8, 4) is 0 Å². The van der Waals surface area contributed by atoms with Crippen LogP contribution in [0.1, 0.15) is 28.5 Å². The number of carbonyl (C=O) groups excluding carboxylic acids is 2. The molecule has 0 saturated heterocycles. The molecule has 2 rings (SSSR count). The molecule has 110 valence electrons. The zero-order valence-electron chi connectivity index (χ0n) is 11.6. The molecule has 7 heteroatoms. The summed E-state index contributed by atoms with van der Waals surface area (Å²) in [5.41, 5.74) is 1.45. The van der Waals surface area contributed by atoms with Crippen LogP contribution in [-0.2, 0) is 11.3 Å². The Labute approximate surface area is 125 Å². The minimum Gasteiger partial charge on any atom is -0.347 e. The first-order chi connectivity index (χ1) is 9.95. The number of thiazole rings is 1. The highest BCUT2D eigenvalue weighted by Gasteiger charge is 2.11. The number of nitrogens with one attached hydrogen (secondary N) is 2. The lowest BCUT2D eigenvalue weighted by molar-refractivity contribution is -0.114. The molecular formula is C14H14FN3O2S. The third kappa shape index (κ3) is 4.09. The number of carbonyl (C=O) groups is 2. The van der Waals surface area contributed by atoms with Gasteiger partial charge in [0, 0.05) is 18.8 Å². The summed E-state index contributed by atoms with van der Waals surface area (Å²) < 4.78 is 13.4. The number of aromatic nitrogens is 1. The van der Waals surface area contributed by atoms with E-state index in [1.165, 1.54) is 24.3 Å². The van der Waals surface area contributed by atoms with Gasteiger partial charge in [0.15, 0.2) is 5.13 Å². The van der Waals surface area contributed by atoms with Gasteiger partial charge in [-0.15, -0.1) is 11.3 Å². The van der Waals surface area contributed by atoms with Crippen molar-refractivity contribution in [3.63, 3.8) is 0 Å². The summed E-state index contributed by atoms with van der Waals surface area (Å²) in [5, 5.41) is 7.08. The van der Waals surface area contributed by atoms with E-state index in [9.17, 15) is 14.0 Å². The van der Waals surface area contributed by atoms with Crippen LogP contribution in [-0.4, -0.2) is 16.8 Å². The second-order valence-electron chi connectivity index (χ2n) is 4.49. The molecule has 1 aromatic carbocycles. The van der Waals surface area contributed by atoms with Crippen molar-refractivity contribution in [2.45, 2.75) is 20.4 Å². The molecule has 0 aliphatic heterocycles. The van der Waals surface area contributed by atoms with E-state index in [0.29, 0.717) is 16.3 Å². The lowest BCUT2D eigenvalue weighted by Crippen LogP contribution is -2.23. The molecule has 0 aliphatic rings. The molecular weight excluding hydrogens is 293 g/mol. The van der Waals surface area contributed by atoms with E-state index in [0.717, 1.165) is 0 Å². The second kappa shape index (κ2) is 6.45. The molecule has 21 heavy (non-hydrogen) atoms. The van der Waals surface area contributed by atoms with Crippen molar-refractivity contribution >= 4 is 28.3 Å². The molecule has 0 unspecified atom stereocenters. The van der Waals surface area contributed by atoms with E-state index in [1.54, 1.807) is 24.4 Å². The number of benzene rings is 1.